The minimum absolute atomic E-state index is 0.0310. The lowest BCUT2D eigenvalue weighted by atomic mass is 10.2. The van der Waals surface area contributed by atoms with Gasteiger partial charge in [-0.05, 0) is 74.5 Å². The topological polar surface area (TPSA) is 32.3 Å². The number of benzene rings is 3. The number of amides is 1. The van der Waals surface area contributed by atoms with Gasteiger partial charge in [0.2, 0.25) is 5.91 Å². The van der Waals surface area contributed by atoms with E-state index in [0.29, 0.717) is 16.8 Å². The second kappa shape index (κ2) is 9.67. The van der Waals surface area contributed by atoms with Crippen LogP contribution in [0.2, 0.25) is 5.02 Å². The fraction of sp³-hybridized carbons (Fsp3) is 0.174. The molecule has 3 nitrogen and oxygen atoms in total. The van der Waals surface area contributed by atoms with Crippen LogP contribution in [0.3, 0.4) is 0 Å². The lowest BCUT2D eigenvalue weighted by molar-refractivity contribution is -0.113. The molecule has 0 heterocycles. The Hall–Kier alpha value is -2.43. The maximum Gasteiger partial charge on any atom is 0.234 e. The first-order valence-electron chi connectivity index (χ1n) is 9.15. The van der Waals surface area contributed by atoms with Gasteiger partial charge in [-0.1, -0.05) is 29.8 Å². The van der Waals surface area contributed by atoms with Crippen LogP contribution in [0.15, 0.2) is 83.8 Å². The number of rotatable bonds is 7. The number of carbonyl (C=O) groups is 1. The van der Waals surface area contributed by atoms with Crippen molar-refractivity contribution in [3.05, 3.63) is 83.9 Å². The molecule has 0 aromatic heterocycles. The maximum atomic E-state index is 12.2. The van der Waals surface area contributed by atoms with Gasteiger partial charge in [0.1, 0.15) is 0 Å². The van der Waals surface area contributed by atoms with E-state index in [0.717, 1.165) is 22.0 Å². The molecule has 28 heavy (non-hydrogen) atoms. The molecule has 3 rings (SSSR count). The SMILES string of the molecule is CC(C)N(c1ccccc1)c1ccc(NC(=O)CSc2ccc(Cl)cc2)cc1. The van der Waals surface area contributed by atoms with Crippen LogP contribution >= 0.6 is 23.4 Å². The average Bonchev–Trinajstić information content (AvgIpc) is 2.70. The van der Waals surface area contributed by atoms with E-state index in [1.807, 2.05) is 66.7 Å². The predicted octanol–water partition coefficient (Wildman–Crippen LogP) is 6.62. The van der Waals surface area contributed by atoms with Crippen molar-refractivity contribution in [2.75, 3.05) is 16.0 Å². The van der Waals surface area contributed by atoms with Crippen LogP contribution in [0, 0.1) is 0 Å². The van der Waals surface area contributed by atoms with Gasteiger partial charge in [0, 0.05) is 33.0 Å². The third kappa shape index (κ3) is 5.54. The zero-order valence-electron chi connectivity index (χ0n) is 15.9. The Balaban J connectivity index is 1.61. The summed E-state index contributed by atoms with van der Waals surface area (Å²) in [6, 6.07) is 26.1. The van der Waals surface area contributed by atoms with Gasteiger partial charge in [-0.15, -0.1) is 11.8 Å². The Labute approximate surface area is 175 Å². The Morgan fingerprint density at radius 1 is 0.929 bits per heavy atom. The van der Waals surface area contributed by atoms with E-state index in [2.05, 4.69) is 36.2 Å². The van der Waals surface area contributed by atoms with Crippen molar-refractivity contribution in [2.24, 2.45) is 0 Å². The summed E-state index contributed by atoms with van der Waals surface area (Å²) in [6.45, 7) is 4.33. The van der Waals surface area contributed by atoms with E-state index in [-0.39, 0.29) is 5.91 Å². The van der Waals surface area contributed by atoms with Crippen molar-refractivity contribution in [1.82, 2.24) is 0 Å². The number of para-hydroxylation sites is 1. The number of thioether (sulfide) groups is 1. The molecular formula is C23H23ClN2OS. The van der Waals surface area contributed by atoms with Crippen molar-refractivity contribution in [2.45, 2.75) is 24.8 Å². The fourth-order valence-electron chi connectivity index (χ4n) is 2.92. The van der Waals surface area contributed by atoms with Crippen LogP contribution in [0.5, 0.6) is 0 Å². The Morgan fingerprint density at radius 2 is 1.54 bits per heavy atom. The quantitative estimate of drug-likeness (QED) is 0.444. The predicted molar refractivity (Wildman–Crippen MR) is 121 cm³/mol. The van der Waals surface area contributed by atoms with Crippen LogP contribution in [-0.4, -0.2) is 17.7 Å². The fourth-order valence-corrected chi connectivity index (χ4v) is 3.74. The molecule has 1 N–H and O–H groups in total. The first-order valence-corrected chi connectivity index (χ1v) is 10.5. The van der Waals surface area contributed by atoms with E-state index < -0.39 is 0 Å². The molecule has 0 bridgehead atoms. The summed E-state index contributed by atoms with van der Waals surface area (Å²) in [5.41, 5.74) is 3.03. The maximum absolute atomic E-state index is 12.2. The molecule has 0 saturated heterocycles. The molecule has 0 aliphatic heterocycles. The highest BCUT2D eigenvalue weighted by atomic mass is 35.5. The molecular weight excluding hydrogens is 388 g/mol. The van der Waals surface area contributed by atoms with Gasteiger partial charge in [0.15, 0.2) is 0 Å². The number of carbonyl (C=O) groups excluding carboxylic acids is 1. The van der Waals surface area contributed by atoms with Gasteiger partial charge in [-0.3, -0.25) is 4.79 Å². The zero-order valence-corrected chi connectivity index (χ0v) is 17.5. The first-order chi connectivity index (χ1) is 13.5. The van der Waals surface area contributed by atoms with Gasteiger partial charge < -0.3 is 10.2 Å². The number of hydrogen-bond donors (Lipinski definition) is 1. The largest absolute Gasteiger partial charge is 0.339 e. The molecule has 0 saturated carbocycles. The molecule has 0 unspecified atom stereocenters. The molecule has 0 radical (unpaired) electrons. The van der Waals surface area contributed by atoms with Gasteiger partial charge >= 0.3 is 0 Å². The average molecular weight is 411 g/mol. The van der Waals surface area contributed by atoms with Crippen LogP contribution < -0.4 is 10.2 Å². The van der Waals surface area contributed by atoms with E-state index in [9.17, 15) is 4.79 Å². The lowest BCUT2D eigenvalue weighted by Gasteiger charge is -2.29. The van der Waals surface area contributed by atoms with Crippen LogP contribution in [0.4, 0.5) is 17.1 Å². The minimum atomic E-state index is -0.0310. The van der Waals surface area contributed by atoms with E-state index in [1.54, 1.807) is 0 Å². The summed E-state index contributed by atoms with van der Waals surface area (Å²) in [7, 11) is 0. The van der Waals surface area contributed by atoms with Crippen LogP contribution in [0.25, 0.3) is 0 Å². The summed E-state index contributed by atoms with van der Waals surface area (Å²) in [4.78, 5) is 15.5. The molecule has 0 aliphatic carbocycles. The third-order valence-corrected chi connectivity index (χ3v) is 5.43. The van der Waals surface area contributed by atoms with Crippen molar-refractivity contribution in [1.29, 1.82) is 0 Å². The van der Waals surface area contributed by atoms with Crippen molar-refractivity contribution < 1.29 is 4.79 Å². The number of nitrogens with zero attached hydrogens (tertiary/aromatic N) is 1. The number of halogens is 1. The highest BCUT2D eigenvalue weighted by Gasteiger charge is 2.13. The second-order valence-corrected chi connectivity index (χ2v) is 8.12. The zero-order chi connectivity index (χ0) is 19.9. The molecule has 3 aromatic carbocycles. The normalized spacial score (nSPS) is 10.7. The van der Waals surface area contributed by atoms with Crippen LogP contribution in [0.1, 0.15) is 13.8 Å². The van der Waals surface area contributed by atoms with Crippen molar-refractivity contribution >= 4 is 46.3 Å². The van der Waals surface area contributed by atoms with E-state index >= 15 is 0 Å². The summed E-state index contributed by atoms with van der Waals surface area (Å²) in [5.74, 6) is 0.322. The summed E-state index contributed by atoms with van der Waals surface area (Å²) >= 11 is 7.37. The van der Waals surface area contributed by atoms with Crippen LogP contribution in [-0.2, 0) is 4.79 Å². The van der Waals surface area contributed by atoms with E-state index in [4.69, 9.17) is 11.6 Å². The molecule has 0 fully saturated rings. The summed E-state index contributed by atoms with van der Waals surface area (Å²) in [6.07, 6.45) is 0. The Morgan fingerprint density at radius 3 is 2.14 bits per heavy atom. The Kier molecular flexibility index (Phi) is 7.01. The monoisotopic (exact) mass is 410 g/mol. The smallest absolute Gasteiger partial charge is 0.234 e. The molecule has 0 aliphatic rings. The highest BCUT2D eigenvalue weighted by Crippen LogP contribution is 2.29. The number of anilines is 3. The van der Waals surface area contributed by atoms with Gasteiger partial charge in [0.25, 0.3) is 0 Å². The summed E-state index contributed by atoms with van der Waals surface area (Å²) < 4.78 is 0. The summed E-state index contributed by atoms with van der Waals surface area (Å²) in [5, 5.41) is 3.65. The molecule has 3 aromatic rings. The van der Waals surface area contributed by atoms with Gasteiger partial charge in [0.05, 0.1) is 5.75 Å². The van der Waals surface area contributed by atoms with E-state index in [1.165, 1.54) is 11.8 Å². The lowest BCUT2D eigenvalue weighted by Crippen LogP contribution is -2.25. The van der Waals surface area contributed by atoms with Crippen molar-refractivity contribution in [3.63, 3.8) is 0 Å². The highest BCUT2D eigenvalue weighted by molar-refractivity contribution is 8.00. The number of nitrogens with one attached hydrogen (secondary N) is 1. The van der Waals surface area contributed by atoms with Gasteiger partial charge in [-0.25, -0.2) is 0 Å². The first kappa shape index (κ1) is 20.3. The minimum Gasteiger partial charge on any atom is -0.339 e. The molecule has 5 heteroatoms. The standard InChI is InChI=1S/C23H23ClN2OS/c1-17(2)26(20-6-4-3-5-7-20)21-12-10-19(11-13-21)25-23(27)16-28-22-14-8-18(24)9-15-22/h3-15,17H,16H2,1-2H3,(H,25,27). The Bertz CT molecular complexity index is 896. The van der Waals surface area contributed by atoms with Gasteiger partial charge in [-0.2, -0.15) is 0 Å². The second-order valence-electron chi connectivity index (χ2n) is 6.64. The van der Waals surface area contributed by atoms with Crippen molar-refractivity contribution in [3.8, 4) is 0 Å². The molecule has 1 amide bonds. The molecule has 0 atom stereocenters. The third-order valence-electron chi connectivity index (χ3n) is 4.16. The number of hydrogen-bond acceptors (Lipinski definition) is 3. The molecule has 0 spiro atoms. The molecule has 144 valence electrons.